The summed E-state index contributed by atoms with van der Waals surface area (Å²) in [5.41, 5.74) is 7.54. The normalized spacial score (nSPS) is 10.4. The lowest BCUT2D eigenvalue weighted by molar-refractivity contribution is 0.301. The molecule has 1 aromatic heterocycles. The Morgan fingerprint density at radius 3 is 2.88 bits per heavy atom. The van der Waals surface area contributed by atoms with E-state index in [-0.39, 0.29) is 6.61 Å². The lowest BCUT2D eigenvalue weighted by Crippen LogP contribution is -2.27. The zero-order valence-electron chi connectivity index (χ0n) is 9.89. The summed E-state index contributed by atoms with van der Waals surface area (Å²) in [7, 11) is 0. The van der Waals surface area contributed by atoms with Gasteiger partial charge in [-0.3, -0.25) is 4.98 Å². The van der Waals surface area contributed by atoms with Crippen molar-refractivity contribution in [3.63, 3.8) is 0 Å². The largest absolute Gasteiger partial charge is 0.395 e. The molecule has 0 saturated heterocycles. The summed E-state index contributed by atoms with van der Waals surface area (Å²) >= 11 is 0. The summed E-state index contributed by atoms with van der Waals surface area (Å²) in [6.07, 6.45) is 4.05. The lowest BCUT2D eigenvalue weighted by Gasteiger charge is -2.24. The fraction of sp³-hybridized carbons (Fsp3) is 0.583. The van der Waals surface area contributed by atoms with Crippen LogP contribution in [0.2, 0.25) is 0 Å². The number of unbranched alkanes of at least 4 members (excludes halogenated alkanes) is 1. The molecular formula is C12H21N3O. The van der Waals surface area contributed by atoms with Crippen LogP contribution in [0.4, 0.5) is 5.69 Å². The standard InChI is InChI=1S/C12H21N3O/c1-2-3-6-15(7-8-16)12-4-5-14-11(9-12)10-13/h4-5,9,16H,2-3,6-8,10,13H2,1H3. The van der Waals surface area contributed by atoms with Gasteiger partial charge in [0.25, 0.3) is 0 Å². The van der Waals surface area contributed by atoms with Crippen LogP contribution in [0.5, 0.6) is 0 Å². The number of hydrogen-bond donors (Lipinski definition) is 2. The third-order valence-corrected chi connectivity index (χ3v) is 2.53. The summed E-state index contributed by atoms with van der Waals surface area (Å²) in [6, 6.07) is 3.95. The molecule has 0 aliphatic rings. The minimum Gasteiger partial charge on any atom is -0.395 e. The van der Waals surface area contributed by atoms with E-state index in [1.807, 2.05) is 12.1 Å². The predicted molar refractivity (Wildman–Crippen MR) is 66.3 cm³/mol. The molecule has 0 aliphatic heterocycles. The van der Waals surface area contributed by atoms with Gasteiger partial charge in [0.2, 0.25) is 0 Å². The number of nitrogens with two attached hydrogens (primary N) is 1. The van der Waals surface area contributed by atoms with Crippen molar-refractivity contribution >= 4 is 5.69 Å². The Hall–Kier alpha value is -1.13. The quantitative estimate of drug-likeness (QED) is 0.727. The minimum atomic E-state index is 0.171. The average molecular weight is 223 g/mol. The van der Waals surface area contributed by atoms with Crippen LogP contribution in [0.25, 0.3) is 0 Å². The highest BCUT2D eigenvalue weighted by molar-refractivity contribution is 5.46. The molecule has 0 saturated carbocycles. The number of pyridine rings is 1. The summed E-state index contributed by atoms with van der Waals surface area (Å²) in [5, 5.41) is 9.04. The third kappa shape index (κ3) is 3.79. The van der Waals surface area contributed by atoms with Gasteiger partial charge >= 0.3 is 0 Å². The highest BCUT2D eigenvalue weighted by atomic mass is 16.3. The summed E-state index contributed by atoms with van der Waals surface area (Å²) in [6.45, 7) is 4.41. The molecule has 1 heterocycles. The van der Waals surface area contributed by atoms with Gasteiger partial charge in [0.05, 0.1) is 12.3 Å². The molecule has 0 atom stereocenters. The van der Waals surface area contributed by atoms with Crippen molar-refractivity contribution in [1.82, 2.24) is 4.98 Å². The molecule has 0 fully saturated rings. The van der Waals surface area contributed by atoms with Gasteiger partial charge in [-0.2, -0.15) is 0 Å². The Morgan fingerprint density at radius 2 is 2.25 bits per heavy atom. The molecule has 3 N–H and O–H groups in total. The van der Waals surface area contributed by atoms with Gasteiger partial charge in [-0.1, -0.05) is 13.3 Å². The Labute approximate surface area is 97.1 Å². The fourth-order valence-electron chi connectivity index (χ4n) is 1.61. The highest BCUT2D eigenvalue weighted by Crippen LogP contribution is 2.14. The van der Waals surface area contributed by atoms with E-state index in [4.69, 9.17) is 10.8 Å². The van der Waals surface area contributed by atoms with Gasteiger partial charge in [-0.05, 0) is 18.6 Å². The van der Waals surface area contributed by atoms with Crippen LogP contribution in [-0.4, -0.2) is 29.8 Å². The Balaban J connectivity index is 2.73. The van der Waals surface area contributed by atoms with Gasteiger partial charge in [0.15, 0.2) is 0 Å². The van der Waals surface area contributed by atoms with Crippen molar-refractivity contribution in [2.24, 2.45) is 5.73 Å². The van der Waals surface area contributed by atoms with Crippen LogP contribution < -0.4 is 10.6 Å². The molecule has 0 aliphatic carbocycles. The number of nitrogens with zero attached hydrogens (tertiary/aromatic N) is 2. The van der Waals surface area contributed by atoms with Gasteiger partial charge < -0.3 is 15.7 Å². The Kier molecular flexibility index (Phi) is 5.82. The second-order valence-electron chi connectivity index (χ2n) is 3.77. The smallest absolute Gasteiger partial charge is 0.0606 e. The lowest BCUT2D eigenvalue weighted by atomic mass is 10.2. The van der Waals surface area contributed by atoms with Crippen molar-refractivity contribution in [2.75, 3.05) is 24.6 Å². The van der Waals surface area contributed by atoms with E-state index in [0.717, 1.165) is 30.8 Å². The number of aromatic nitrogens is 1. The van der Waals surface area contributed by atoms with E-state index < -0.39 is 0 Å². The van der Waals surface area contributed by atoms with E-state index >= 15 is 0 Å². The van der Waals surface area contributed by atoms with Crippen LogP contribution >= 0.6 is 0 Å². The molecule has 90 valence electrons. The number of aliphatic hydroxyl groups excluding tert-OH is 1. The maximum absolute atomic E-state index is 9.04. The predicted octanol–water partition coefficient (Wildman–Crippen LogP) is 1.14. The highest BCUT2D eigenvalue weighted by Gasteiger charge is 2.05. The van der Waals surface area contributed by atoms with Crippen LogP contribution in [0.15, 0.2) is 18.3 Å². The summed E-state index contributed by atoms with van der Waals surface area (Å²) < 4.78 is 0. The van der Waals surface area contributed by atoms with Gasteiger partial charge in [-0.15, -0.1) is 0 Å². The van der Waals surface area contributed by atoms with Crippen LogP contribution in [0.1, 0.15) is 25.5 Å². The third-order valence-electron chi connectivity index (χ3n) is 2.53. The maximum atomic E-state index is 9.04. The number of anilines is 1. The number of aliphatic hydroxyl groups is 1. The van der Waals surface area contributed by atoms with E-state index in [2.05, 4.69) is 16.8 Å². The Morgan fingerprint density at radius 1 is 1.44 bits per heavy atom. The van der Waals surface area contributed by atoms with Gasteiger partial charge in [-0.25, -0.2) is 0 Å². The zero-order chi connectivity index (χ0) is 11.8. The molecule has 0 unspecified atom stereocenters. The molecule has 4 nitrogen and oxygen atoms in total. The number of hydrogen-bond acceptors (Lipinski definition) is 4. The van der Waals surface area contributed by atoms with E-state index in [1.165, 1.54) is 0 Å². The van der Waals surface area contributed by atoms with Crippen molar-refractivity contribution in [1.29, 1.82) is 0 Å². The van der Waals surface area contributed by atoms with Gasteiger partial charge in [0, 0.05) is 31.5 Å². The van der Waals surface area contributed by atoms with Crippen LogP contribution in [0.3, 0.4) is 0 Å². The summed E-state index contributed by atoms with van der Waals surface area (Å²) in [4.78, 5) is 6.34. The van der Waals surface area contributed by atoms with Crippen molar-refractivity contribution in [3.8, 4) is 0 Å². The zero-order valence-corrected chi connectivity index (χ0v) is 9.89. The molecule has 1 rings (SSSR count). The first-order valence-electron chi connectivity index (χ1n) is 5.82. The SMILES string of the molecule is CCCCN(CCO)c1ccnc(CN)c1. The second-order valence-corrected chi connectivity index (χ2v) is 3.77. The van der Waals surface area contributed by atoms with E-state index in [1.54, 1.807) is 6.20 Å². The minimum absolute atomic E-state index is 0.171. The molecular weight excluding hydrogens is 202 g/mol. The fourth-order valence-corrected chi connectivity index (χ4v) is 1.61. The van der Waals surface area contributed by atoms with Gasteiger partial charge in [0.1, 0.15) is 0 Å². The maximum Gasteiger partial charge on any atom is 0.0606 e. The molecule has 0 radical (unpaired) electrons. The molecule has 0 bridgehead atoms. The molecule has 0 amide bonds. The number of rotatable bonds is 7. The average Bonchev–Trinajstić information content (AvgIpc) is 2.34. The molecule has 16 heavy (non-hydrogen) atoms. The summed E-state index contributed by atoms with van der Waals surface area (Å²) in [5.74, 6) is 0. The molecule has 1 aromatic rings. The molecule has 4 heteroatoms. The van der Waals surface area contributed by atoms with Crippen molar-refractivity contribution < 1.29 is 5.11 Å². The monoisotopic (exact) mass is 223 g/mol. The topological polar surface area (TPSA) is 62.4 Å². The molecule has 0 aromatic carbocycles. The first-order chi connectivity index (χ1) is 7.81. The van der Waals surface area contributed by atoms with Crippen LogP contribution in [0, 0.1) is 0 Å². The van der Waals surface area contributed by atoms with E-state index in [0.29, 0.717) is 13.1 Å². The van der Waals surface area contributed by atoms with Crippen LogP contribution in [-0.2, 0) is 6.54 Å². The Bertz CT molecular complexity index is 304. The van der Waals surface area contributed by atoms with Crippen molar-refractivity contribution in [3.05, 3.63) is 24.0 Å². The first kappa shape index (κ1) is 12.9. The second kappa shape index (κ2) is 7.19. The van der Waals surface area contributed by atoms with E-state index in [9.17, 15) is 0 Å². The molecule has 0 spiro atoms. The van der Waals surface area contributed by atoms with Crippen molar-refractivity contribution in [2.45, 2.75) is 26.3 Å². The first-order valence-corrected chi connectivity index (χ1v) is 5.82.